The predicted octanol–water partition coefficient (Wildman–Crippen LogP) is 4.07. The second-order valence-corrected chi connectivity index (χ2v) is 5.03. The first-order chi connectivity index (χ1) is 9.76. The maximum atomic E-state index is 6.42. The summed E-state index contributed by atoms with van der Waals surface area (Å²) >= 11 is 6.42. The van der Waals surface area contributed by atoms with E-state index in [0.717, 1.165) is 42.6 Å². The summed E-state index contributed by atoms with van der Waals surface area (Å²) in [5.41, 5.74) is 2.31. The zero-order chi connectivity index (χ0) is 14.4. The minimum absolute atomic E-state index is 0.729. The summed E-state index contributed by atoms with van der Waals surface area (Å²) in [5.74, 6) is 0.946. The second-order valence-electron chi connectivity index (χ2n) is 4.62. The number of hydrogen-bond acceptors (Lipinski definition) is 3. The molecule has 0 aliphatic rings. The molecular weight excluding hydrogens is 272 g/mol. The van der Waals surface area contributed by atoms with Gasteiger partial charge in [0.1, 0.15) is 5.76 Å². The van der Waals surface area contributed by atoms with E-state index in [4.69, 9.17) is 16.0 Å². The lowest BCUT2D eigenvalue weighted by Crippen LogP contribution is -2.25. The molecule has 1 aromatic heterocycles. The number of halogens is 1. The SMILES string of the molecule is CCNCc1cccc(Cl)c1N(CC)Cc1ccco1. The van der Waals surface area contributed by atoms with Crippen LogP contribution in [0.2, 0.25) is 5.02 Å². The van der Waals surface area contributed by atoms with Gasteiger partial charge in [-0.05, 0) is 37.2 Å². The number of benzene rings is 1. The topological polar surface area (TPSA) is 28.4 Å². The zero-order valence-corrected chi connectivity index (χ0v) is 12.8. The fraction of sp³-hybridized carbons (Fsp3) is 0.375. The molecule has 0 spiro atoms. The molecule has 0 aliphatic heterocycles. The van der Waals surface area contributed by atoms with Crippen molar-refractivity contribution >= 4 is 17.3 Å². The standard InChI is InChI=1S/C16H21ClN2O/c1-3-18-11-13-7-5-9-15(17)16(13)19(4-2)12-14-8-6-10-20-14/h5-10,18H,3-4,11-12H2,1-2H3. The Morgan fingerprint density at radius 2 is 2.05 bits per heavy atom. The fourth-order valence-electron chi connectivity index (χ4n) is 2.26. The molecule has 1 heterocycles. The van der Waals surface area contributed by atoms with Crippen LogP contribution in [-0.4, -0.2) is 13.1 Å². The van der Waals surface area contributed by atoms with Gasteiger partial charge in [0.25, 0.3) is 0 Å². The van der Waals surface area contributed by atoms with Crippen LogP contribution in [0, 0.1) is 0 Å². The molecule has 0 amide bonds. The molecule has 4 heteroatoms. The van der Waals surface area contributed by atoms with Crippen LogP contribution in [0.5, 0.6) is 0 Å². The van der Waals surface area contributed by atoms with Gasteiger partial charge in [0, 0.05) is 13.1 Å². The third-order valence-electron chi connectivity index (χ3n) is 3.26. The van der Waals surface area contributed by atoms with Crippen LogP contribution in [0.15, 0.2) is 41.0 Å². The number of anilines is 1. The Hall–Kier alpha value is -1.45. The lowest BCUT2D eigenvalue weighted by atomic mass is 10.1. The predicted molar refractivity (Wildman–Crippen MR) is 84.3 cm³/mol. The Kier molecular flexibility index (Phi) is 5.50. The molecule has 108 valence electrons. The second kappa shape index (κ2) is 7.36. The number of nitrogens with zero attached hydrogens (tertiary/aromatic N) is 1. The first-order valence-electron chi connectivity index (χ1n) is 7.01. The molecule has 0 saturated heterocycles. The Bertz CT molecular complexity index is 525. The highest BCUT2D eigenvalue weighted by Crippen LogP contribution is 2.31. The molecule has 1 aromatic carbocycles. The van der Waals surface area contributed by atoms with Crippen molar-refractivity contribution in [2.75, 3.05) is 18.0 Å². The average molecular weight is 293 g/mol. The lowest BCUT2D eigenvalue weighted by molar-refractivity contribution is 0.503. The van der Waals surface area contributed by atoms with Crippen LogP contribution in [0.25, 0.3) is 0 Å². The Labute approximate surface area is 125 Å². The van der Waals surface area contributed by atoms with Crippen LogP contribution in [-0.2, 0) is 13.1 Å². The molecule has 2 aromatic rings. The highest BCUT2D eigenvalue weighted by Gasteiger charge is 2.14. The summed E-state index contributed by atoms with van der Waals surface area (Å²) in [7, 11) is 0. The summed E-state index contributed by atoms with van der Waals surface area (Å²) < 4.78 is 5.45. The van der Waals surface area contributed by atoms with Crippen molar-refractivity contribution in [2.45, 2.75) is 26.9 Å². The maximum absolute atomic E-state index is 6.42. The van der Waals surface area contributed by atoms with Gasteiger partial charge in [-0.3, -0.25) is 0 Å². The molecule has 0 saturated carbocycles. The van der Waals surface area contributed by atoms with Crippen LogP contribution < -0.4 is 10.2 Å². The van der Waals surface area contributed by atoms with E-state index in [-0.39, 0.29) is 0 Å². The molecule has 2 rings (SSSR count). The monoisotopic (exact) mass is 292 g/mol. The molecule has 0 aliphatic carbocycles. The molecule has 0 fully saturated rings. The van der Waals surface area contributed by atoms with Gasteiger partial charge in [-0.15, -0.1) is 0 Å². The fourth-order valence-corrected chi connectivity index (χ4v) is 2.57. The Morgan fingerprint density at radius 3 is 2.70 bits per heavy atom. The first kappa shape index (κ1) is 14.9. The largest absolute Gasteiger partial charge is 0.467 e. The third kappa shape index (κ3) is 3.56. The van der Waals surface area contributed by atoms with Crippen molar-refractivity contribution in [2.24, 2.45) is 0 Å². The summed E-state index contributed by atoms with van der Waals surface area (Å²) in [6, 6.07) is 9.96. The van der Waals surface area contributed by atoms with E-state index in [9.17, 15) is 0 Å². The van der Waals surface area contributed by atoms with Crippen LogP contribution in [0.1, 0.15) is 25.2 Å². The summed E-state index contributed by atoms with van der Waals surface area (Å²) in [6.07, 6.45) is 1.70. The van der Waals surface area contributed by atoms with Gasteiger partial charge >= 0.3 is 0 Å². The van der Waals surface area contributed by atoms with E-state index in [2.05, 4.69) is 30.1 Å². The minimum Gasteiger partial charge on any atom is -0.467 e. The van der Waals surface area contributed by atoms with Gasteiger partial charge in [0.05, 0.1) is 23.5 Å². The van der Waals surface area contributed by atoms with E-state index >= 15 is 0 Å². The van der Waals surface area contributed by atoms with Gasteiger partial charge in [0.2, 0.25) is 0 Å². The van der Waals surface area contributed by atoms with E-state index in [1.807, 2.05) is 24.3 Å². The first-order valence-corrected chi connectivity index (χ1v) is 7.39. The van der Waals surface area contributed by atoms with Crippen LogP contribution in [0.3, 0.4) is 0 Å². The number of para-hydroxylation sites is 1. The van der Waals surface area contributed by atoms with Gasteiger partial charge in [-0.25, -0.2) is 0 Å². The van der Waals surface area contributed by atoms with E-state index in [1.54, 1.807) is 6.26 Å². The minimum atomic E-state index is 0.729. The normalized spacial score (nSPS) is 10.8. The zero-order valence-electron chi connectivity index (χ0n) is 12.0. The van der Waals surface area contributed by atoms with Crippen molar-refractivity contribution in [3.63, 3.8) is 0 Å². The highest BCUT2D eigenvalue weighted by atomic mass is 35.5. The molecule has 0 unspecified atom stereocenters. The van der Waals surface area contributed by atoms with E-state index in [0.29, 0.717) is 0 Å². The number of rotatable bonds is 7. The average Bonchev–Trinajstić information content (AvgIpc) is 2.96. The van der Waals surface area contributed by atoms with Crippen LogP contribution in [0.4, 0.5) is 5.69 Å². The maximum Gasteiger partial charge on any atom is 0.123 e. The van der Waals surface area contributed by atoms with Crippen LogP contribution >= 0.6 is 11.6 Å². The number of nitrogens with one attached hydrogen (secondary N) is 1. The molecule has 0 bridgehead atoms. The molecule has 1 N–H and O–H groups in total. The summed E-state index contributed by atoms with van der Waals surface area (Å²) in [6.45, 7) is 7.60. The van der Waals surface area contributed by atoms with Gasteiger partial charge in [-0.2, -0.15) is 0 Å². The van der Waals surface area contributed by atoms with Crippen molar-refractivity contribution in [1.29, 1.82) is 0 Å². The molecular formula is C16H21ClN2O. The number of furan rings is 1. The van der Waals surface area contributed by atoms with Gasteiger partial charge in [0.15, 0.2) is 0 Å². The van der Waals surface area contributed by atoms with E-state index < -0.39 is 0 Å². The molecule has 3 nitrogen and oxygen atoms in total. The molecule has 20 heavy (non-hydrogen) atoms. The molecule has 0 atom stereocenters. The summed E-state index contributed by atoms with van der Waals surface area (Å²) in [5, 5.41) is 4.15. The van der Waals surface area contributed by atoms with Gasteiger partial charge in [-0.1, -0.05) is 30.7 Å². The molecule has 0 radical (unpaired) electrons. The Balaban J connectivity index is 2.27. The number of hydrogen-bond donors (Lipinski definition) is 1. The van der Waals surface area contributed by atoms with Crippen molar-refractivity contribution in [3.8, 4) is 0 Å². The quantitative estimate of drug-likeness (QED) is 0.834. The van der Waals surface area contributed by atoms with Crippen molar-refractivity contribution in [1.82, 2.24) is 5.32 Å². The third-order valence-corrected chi connectivity index (χ3v) is 3.57. The van der Waals surface area contributed by atoms with E-state index in [1.165, 1.54) is 5.56 Å². The van der Waals surface area contributed by atoms with Crippen molar-refractivity contribution in [3.05, 3.63) is 52.9 Å². The Morgan fingerprint density at radius 1 is 1.20 bits per heavy atom. The summed E-state index contributed by atoms with van der Waals surface area (Å²) in [4.78, 5) is 2.24. The van der Waals surface area contributed by atoms with Gasteiger partial charge < -0.3 is 14.6 Å². The van der Waals surface area contributed by atoms with Crippen molar-refractivity contribution < 1.29 is 4.42 Å². The smallest absolute Gasteiger partial charge is 0.123 e. The lowest BCUT2D eigenvalue weighted by Gasteiger charge is -2.26. The highest BCUT2D eigenvalue weighted by molar-refractivity contribution is 6.33.